The van der Waals surface area contributed by atoms with E-state index in [4.69, 9.17) is 4.42 Å². The van der Waals surface area contributed by atoms with E-state index in [9.17, 15) is 9.59 Å². The molecule has 0 radical (unpaired) electrons. The maximum absolute atomic E-state index is 11.2. The SMILES string of the molecule is Cc1cc2oc(=O)cc(C)c2cc1NC=O. The maximum Gasteiger partial charge on any atom is 0.336 e. The lowest BCUT2D eigenvalue weighted by Crippen LogP contribution is -2.00. The van der Waals surface area contributed by atoms with E-state index >= 15 is 0 Å². The molecular weight excluding hydrogens is 206 g/mol. The van der Waals surface area contributed by atoms with Crippen LogP contribution in [-0.2, 0) is 4.79 Å². The van der Waals surface area contributed by atoms with Crippen LogP contribution in [0.2, 0.25) is 0 Å². The Morgan fingerprint density at radius 1 is 1.19 bits per heavy atom. The van der Waals surface area contributed by atoms with Gasteiger partial charge in [0.15, 0.2) is 0 Å². The Morgan fingerprint density at radius 2 is 1.94 bits per heavy atom. The first-order chi connectivity index (χ1) is 7.61. The van der Waals surface area contributed by atoms with Crippen LogP contribution in [0.3, 0.4) is 0 Å². The normalized spacial score (nSPS) is 10.4. The second-order valence-corrected chi connectivity index (χ2v) is 3.67. The van der Waals surface area contributed by atoms with Crippen molar-refractivity contribution in [3.05, 3.63) is 39.7 Å². The number of rotatable bonds is 2. The lowest BCUT2D eigenvalue weighted by atomic mass is 10.1. The van der Waals surface area contributed by atoms with Crippen LogP contribution in [0, 0.1) is 13.8 Å². The van der Waals surface area contributed by atoms with E-state index in [1.807, 2.05) is 13.8 Å². The summed E-state index contributed by atoms with van der Waals surface area (Å²) in [6.45, 7) is 3.67. The molecule has 4 nitrogen and oxygen atoms in total. The number of hydrogen-bond acceptors (Lipinski definition) is 3. The summed E-state index contributed by atoms with van der Waals surface area (Å²) >= 11 is 0. The number of benzene rings is 1. The van der Waals surface area contributed by atoms with E-state index in [0.29, 0.717) is 12.0 Å². The third kappa shape index (κ3) is 1.69. The van der Waals surface area contributed by atoms with Crippen LogP contribution in [0.4, 0.5) is 5.69 Å². The van der Waals surface area contributed by atoms with Crippen LogP contribution >= 0.6 is 0 Å². The van der Waals surface area contributed by atoms with Crippen molar-refractivity contribution in [3.8, 4) is 0 Å². The Morgan fingerprint density at radius 3 is 2.62 bits per heavy atom. The van der Waals surface area contributed by atoms with Gasteiger partial charge in [0.25, 0.3) is 0 Å². The highest BCUT2D eigenvalue weighted by molar-refractivity contribution is 5.88. The van der Waals surface area contributed by atoms with Gasteiger partial charge in [0.1, 0.15) is 5.58 Å². The van der Waals surface area contributed by atoms with Crippen LogP contribution in [0.1, 0.15) is 11.1 Å². The van der Waals surface area contributed by atoms with Gasteiger partial charge in [-0.3, -0.25) is 4.79 Å². The second kappa shape index (κ2) is 3.81. The zero-order valence-corrected chi connectivity index (χ0v) is 9.03. The molecule has 2 rings (SSSR count). The van der Waals surface area contributed by atoms with Crippen molar-refractivity contribution >= 4 is 23.1 Å². The predicted octanol–water partition coefficient (Wildman–Crippen LogP) is 1.98. The molecule has 0 aliphatic carbocycles. The molecule has 0 aliphatic rings. The van der Waals surface area contributed by atoms with Crippen LogP contribution in [0.5, 0.6) is 0 Å². The summed E-state index contributed by atoms with van der Waals surface area (Å²) in [6, 6.07) is 4.98. The quantitative estimate of drug-likeness (QED) is 0.618. The summed E-state index contributed by atoms with van der Waals surface area (Å²) in [4.78, 5) is 21.6. The fourth-order valence-corrected chi connectivity index (χ4v) is 1.69. The third-order valence-corrected chi connectivity index (χ3v) is 2.51. The van der Waals surface area contributed by atoms with E-state index in [2.05, 4.69) is 5.32 Å². The molecule has 0 spiro atoms. The second-order valence-electron chi connectivity index (χ2n) is 3.67. The first-order valence-electron chi connectivity index (χ1n) is 4.87. The van der Waals surface area contributed by atoms with Gasteiger partial charge in [-0.25, -0.2) is 4.79 Å². The smallest absolute Gasteiger partial charge is 0.336 e. The minimum absolute atomic E-state index is 0.361. The molecule has 0 saturated heterocycles. The highest BCUT2D eigenvalue weighted by Crippen LogP contribution is 2.24. The van der Waals surface area contributed by atoms with Crippen molar-refractivity contribution in [2.45, 2.75) is 13.8 Å². The van der Waals surface area contributed by atoms with E-state index in [0.717, 1.165) is 22.2 Å². The van der Waals surface area contributed by atoms with Crippen molar-refractivity contribution < 1.29 is 9.21 Å². The number of fused-ring (bicyclic) bond motifs is 1. The molecule has 0 atom stereocenters. The van der Waals surface area contributed by atoms with Crippen molar-refractivity contribution in [1.29, 1.82) is 0 Å². The molecular formula is C12H11NO3. The Hall–Kier alpha value is -2.10. The fraction of sp³-hybridized carbons (Fsp3) is 0.167. The summed E-state index contributed by atoms with van der Waals surface area (Å²) < 4.78 is 5.08. The topological polar surface area (TPSA) is 59.3 Å². The molecule has 1 heterocycles. The summed E-state index contributed by atoms with van der Waals surface area (Å²) in [6.07, 6.45) is 0.628. The molecule has 0 bridgehead atoms. The molecule has 0 aliphatic heterocycles. The molecule has 1 aromatic heterocycles. The first kappa shape index (κ1) is 10.4. The lowest BCUT2D eigenvalue weighted by Gasteiger charge is -2.07. The number of anilines is 1. The van der Waals surface area contributed by atoms with Gasteiger partial charge in [0.05, 0.1) is 0 Å². The average molecular weight is 217 g/mol. The van der Waals surface area contributed by atoms with Crippen LogP contribution < -0.4 is 10.9 Å². The van der Waals surface area contributed by atoms with Gasteiger partial charge in [-0.15, -0.1) is 0 Å². The van der Waals surface area contributed by atoms with Crippen molar-refractivity contribution in [2.75, 3.05) is 5.32 Å². The van der Waals surface area contributed by atoms with Crippen molar-refractivity contribution in [2.24, 2.45) is 0 Å². The summed E-state index contributed by atoms with van der Waals surface area (Å²) in [7, 11) is 0. The van der Waals surface area contributed by atoms with Gasteiger partial charge in [-0.05, 0) is 37.1 Å². The molecule has 1 aromatic carbocycles. The molecule has 1 amide bonds. The monoisotopic (exact) mass is 217 g/mol. The standard InChI is InChI=1S/C12H11NO3/c1-7-4-12(15)16-11-3-8(2)10(13-6-14)5-9(7)11/h3-6H,1-2H3,(H,13,14). The average Bonchev–Trinajstić information content (AvgIpc) is 2.20. The minimum atomic E-state index is -0.361. The van der Waals surface area contributed by atoms with Gasteiger partial charge in [-0.1, -0.05) is 0 Å². The molecule has 16 heavy (non-hydrogen) atoms. The van der Waals surface area contributed by atoms with Gasteiger partial charge in [0.2, 0.25) is 6.41 Å². The highest BCUT2D eigenvalue weighted by atomic mass is 16.4. The third-order valence-electron chi connectivity index (χ3n) is 2.51. The molecule has 2 aromatic rings. The minimum Gasteiger partial charge on any atom is -0.423 e. The number of hydrogen-bond donors (Lipinski definition) is 1. The molecule has 1 N–H and O–H groups in total. The van der Waals surface area contributed by atoms with Gasteiger partial charge in [0, 0.05) is 17.1 Å². The molecule has 0 unspecified atom stereocenters. The number of amides is 1. The Bertz CT molecular complexity index is 613. The number of carbonyl (C=O) groups excluding carboxylic acids is 1. The molecule has 0 saturated carbocycles. The molecule has 0 fully saturated rings. The molecule has 82 valence electrons. The van der Waals surface area contributed by atoms with E-state index < -0.39 is 0 Å². The maximum atomic E-state index is 11.2. The van der Waals surface area contributed by atoms with E-state index in [-0.39, 0.29) is 5.63 Å². The largest absolute Gasteiger partial charge is 0.423 e. The van der Waals surface area contributed by atoms with Crippen LogP contribution in [0.15, 0.2) is 27.4 Å². The van der Waals surface area contributed by atoms with E-state index in [1.165, 1.54) is 6.07 Å². The number of nitrogens with one attached hydrogen (secondary N) is 1. The van der Waals surface area contributed by atoms with E-state index in [1.54, 1.807) is 12.1 Å². The van der Waals surface area contributed by atoms with Crippen LogP contribution in [-0.4, -0.2) is 6.41 Å². The lowest BCUT2D eigenvalue weighted by molar-refractivity contribution is -0.105. The Labute approximate surface area is 91.9 Å². The zero-order chi connectivity index (χ0) is 11.7. The van der Waals surface area contributed by atoms with Gasteiger partial charge >= 0.3 is 5.63 Å². The zero-order valence-electron chi connectivity index (χ0n) is 9.03. The van der Waals surface area contributed by atoms with Gasteiger partial charge in [-0.2, -0.15) is 0 Å². The summed E-state index contributed by atoms with van der Waals surface area (Å²) in [5.41, 5.74) is 2.59. The Balaban J connectivity index is 2.78. The number of aryl methyl sites for hydroxylation is 2. The Kier molecular flexibility index (Phi) is 2.48. The summed E-state index contributed by atoms with van der Waals surface area (Å²) in [5, 5.41) is 3.44. The predicted molar refractivity (Wildman–Crippen MR) is 61.6 cm³/mol. The van der Waals surface area contributed by atoms with Gasteiger partial charge < -0.3 is 9.73 Å². The van der Waals surface area contributed by atoms with Crippen molar-refractivity contribution in [3.63, 3.8) is 0 Å². The summed E-state index contributed by atoms with van der Waals surface area (Å²) in [5.74, 6) is 0. The van der Waals surface area contributed by atoms with Crippen molar-refractivity contribution in [1.82, 2.24) is 0 Å². The van der Waals surface area contributed by atoms with Crippen LogP contribution in [0.25, 0.3) is 11.0 Å². The molecule has 4 heteroatoms. The highest BCUT2D eigenvalue weighted by Gasteiger charge is 2.06. The first-order valence-corrected chi connectivity index (χ1v) is 4.87. The fourth-order valence-electron chi connectivity index (χ4n) is 1.69. The number of carbonyl (C=O) groups is 1.